The molecule has 1 heterocycles. The number of fused-ring (bicyclic) bond motifs is 1. The Morgan fingerprint density at radius 2 is 2.07 bits per heavy atom. The third kappa shape index (κ3) is 2.38. The van der Waals surface area contributed by atoms with E-state index in [0.29, 0.717) is 0 Å². The molecular formula is C12H16BrN. The molecular weight excluding hydrogens is 238 g/mol. The van der Waals surface area contributed by atoms with Crippen LogP contribution in [0.4, 0.5) is 0 Å². The van der Waals surface area contributed by atoms with Gasteiger partial charge in [0.2, 0.25) is 0 Å². The van der Waals surface area contributed by atoms with Crippen LogP contribution in [0, 0.1) is 0 Å². The summed E-state index contributed by atoms with van der Waals surface area (Å²) in [4.78, 5) is 2.36. The maximum absolute atomic E-state index is 2.36. The van der Waals surface area contributed by atoms with Crippen molar-refractivity contribution >= 4 is 23.1 Å². The van der Waals surface area contributed by atoms with Gasteiger partial charge in [-0.25, -0.2) is 0 Å². The minimum Gasteiger partial charge on any atom is -0.373 e. The van der Waals surface area contributed by atoms with Crippen molar-refractivity contribution in [2.75, 3.05) is 6.54 Å². The molecule has 0 amide bonds. The van der Waals surface area contributed by atoms with E-state index in [9.17, 15) is 0 Å². The second kappa shape index (κ2) is 5.20. The molecule has 0 spiro atoms. The summed E-state index contributed by atoms with van der Waals surface area (Å²) >= 11 is 0. The number of rotatable bonds is 2. The highest BCUT2D eigenvalue weighted by molar-refractivity contribution is 8.93. The zero-order valence-corrected chi connectivity index (χ0v) is 10.2. The topological polar surface area (TPSA) is 3.24 Å². The first-order chi connectivity index (χ1) is 6.40. The maximum Gasteiger partial charge on any atom is 0.0429 e. The fraction of sp³-hybridized carbons (Fsp3) is 0.333. The second-order valence-corrected chi connectivity index (χ2v) is 3.49. The summed E-state index contributed by atoms with van der Waals surface area (Å²) in [6.45, 7) is 4.44. The Bertz CT molecular complexity index is 320. The smallest absolute Gasteiger partial charge is 0.0429 e. The molecule has 0 N–H and O–H groups in total. The first-order valence-corrected chi connectivity index (χ1v) is 4.90. The van der Waals surface area contributed by atoms with Crippen LogP contribution in [0.3, 0.4) is 0 Å². The van der Waals surface area contributed by atoms with Crippen molar-refractivity contribution in [3.05, 3.63) is 41.6 Å². The zero-order chi connectivity index (χ0) is 9.10. The Hall–Kier alpha value is -0.760. The van der Waals surface area contributed by atoms with Crippen LogP contribution in [0.1, 0.15) is 24.5 Å². The molecule has 0 fully saturated rings. The summed E-state index contributed by atoms with van der Waals surface area (Å²) < 4.78 is 0. The van der Waals surface area contributed by atoms with Crippen LogP contribution in [0.2, 0.25) is 0 Å². The van der Waals surface area contributed by atoms with Crippen LogP contribution < -0.4 is 0 Å². The molecule has 1 nitrogen and oxygen atoms in total. The lowest BCUT2D eigenvalue weighted by atomic mass is 10.0. The summed E-state index contributed by atoms with van der Waals surface area (Å²) in [5, 5.41) is 0. The highest BCUT2D eigenvalue weighted by atomic mass is 79.9. The molecule has 76 valence electrons. The molecule has 0 saturated carbocycles. The van der Waals surface area contributed by atoms with Crippen LogP contribution in [0.25, 0.3) is 6.08 Å². The van der Waals surface area contributed by atoms with Gasteiger partial charge in [-0.05, 0) is 29.8 Å². The predicted octanol–water partition coefficient (Wildman–Crippen LogP) is 3.46. The first kappa shape index (κ1) is 11.3. The molecule has 0 aromatic heterocycles. The Morgan fingerprint density at radius 1 is 1.29 bits per heavy atom. The molecule has 2 rings (SSSR count). The summed E-state index contributed by atoms with van der Waals surface area (Å²) in [6, 6.07) is 8.59. The molecule has 0 unspecified atom stereocenters. The van der Waals surface area contributed by atoms with Crippen molar-refractivity contribution in [3.63, 3.8) is 0 Å². The van der Waals surface area contributed by atoms with Gasteiger partial charge in [0.1, 0.15) is 0 Å². The van der Waals surface area contributed by atoms with E-state index < -0.39 is 0 Å². The molecule has 1 aromatic carbocycles. The number of halogens is 1. The van der Waals surface area contributed by atoms with Crippen molar-refractivity contribution < 1.29 is 0 Å². The fourth-order valence-electron chi connectivity index (χ4n) is 1.74. The van der Waals surface area contributed by atoms with Crippen molar-refractivity contribution in [3.8, 4) is 0 Å². The molecule has 1 aliphatic rings. The first-order valence-electron chi connectivity index (χ1n) is 4.90. The lowest BCUT2D eigenvalue weighted by molar-refractivity contribution is 0.367. The average molecular weight is 254 g/mol. The van der Waals surface area contributed by atoms with E-state index in [2.05, 4.69) is 48.4 Å². The number of nitrogens with zero attached hydrogens (tertiary/aromatic N) is 1. The van der Waals surface area contributed by atoms with Crippen LogP contribution in [-0.4, -0.2) is 11.4 Å². The van der Waals surface area contributed by atoms with E-state index >= 15 is 0 Å². The van der Waals surface area contributed by atoms with Gasteiger partial charge in [0.05, 0.1) is 0 Å². The van der Waals surface area contributed by atoms with Gasteiger partial charge in [0.25, 0.3) is 0 Å². The Kier molecular flexibility index (Phi) is 4.21. The Balaban J connectivity index is 0.000000980. The number of benzene rings is 1. The fourth-order valence-corrected chi connectivity index (χ4v) is 1.74. The van der Waals surface area contributed by atoms with Gasteiger partial charge in [-0.2, -0.15) is 0 Å². The molecule has 0 bridgehead atoms. The second-order valence-electron chi connectivity index (χ2n) is 3.49. The minimum atomic E-state index is 0. The Morgan fingerprint density at radius 3 is 2.86 bits per heavy atom. The molecule has 1 aliphatic heterocycles. The van der Waals surface area contributed by atoms with Crippen molar-refractivity contribution in [2.24, 2.45) is 0 Å². The lowest BCUT2D eigenvalue weighted by Gasteiger charge is -2.24. The summed E-state index contributed by atoms with van der Waals surface area (Å²) in [5.41, 5.74) is 2.81. The highest BCUT2D eigenvalue weighted by Gasteiger charge is 2.07. The highest BCUT2D eigenvalue weighted by Crippen LogP contribution is 2.18. The van der Waals surface area contributed by atoms with Crippen LogP contribution in [0.5, 0.6) is 0 Å². The molecule has 2 heteroatoms. The van der Waals surface area contributed by atoms with Crippen molar-refractivity contribution in [1.82, 2.24) is 4.90 Å². The monoisotopic (exact) mass is 253 g/mol. The normalized spacial score (nSPS) is 13.4. The zero-order valence-electron chi connectivity index (χ0n) is 8.44. The van der Waals surface area contributed by atoms with Gasteiger partial charge in [0, 0.05) is 13.1 Å². The molecule has 0 saturated heterocycles. The quantitative estimate of drug-likeness (QED) is 0.781. The molecule has 0 atom stereocenters. The summed E-state index contributed by atoms with van der Waals surface area (Å²) in [7, 11) is 0. The Labute approximate surface area is 96.2 Å². The van der Waals surface area contributed by atoms with E-state index in [-0.39, 0.29) is 17.0 Å². The maximum atomic E-state index is 2.36. The lowest BCUT2D eigenvalue weighted by Crippen LogP contribution is -2.20. The average Bonchev–Trinajstić information content (AvgIpc) is 2.18. The predicted molar refractivity (Wildman–Crippen MR) is 66.5 cm³/mol. The van der Waals surface area contributed by atoms with E-state index in [1.807, 2.05) is 0 Å². The summed E-state index contributed by atoms with van der Waals surface area (Å²) in [6.07, 6.45) is 5.62. The molecule has 0 radical (unpaired) electrons. The van der Waals surface area contributed by atoms with Crippen molar-refractivity contribution in [2.45, 2.75) is 19.9 Å². The van der Waals surface area contributed by atoms with Gasteiger partial charge >= 0.3 is 0 Å². The third-order valence-electron chi connectivity index (χ3n) is 2.40. The number of hydrogen-bond acceptors (Lipinski definition) is 1. The molecule has 1 aromatic rings. The van der Waals surface area contributed by atoms with Crippen molar-refractivity contribution in [1.29, 1.82) is 0 Å². The largest absolute Gasteiger partial charge is 0.373 e. The number of hydrogen-bond donors (Lipinski definition) is 0. The van der Waals surface area contributed by atoms with E-state index in [4.69, 9.17) is 0 Å². The molecule has 14 heavy (non-hydrogen) atoms. The van der Waals surface area contributed by atoms with E-state index in [1.165, 1.54) is 17.5 Å². The standard InChI is InChI=1S/C12H15N.BrH/c1-2-8-13-9-7-11-5-3-4-6-12(11)10-13;/h3-7,9H,2,8,10H2,1H3;1H. The van der Waals surface area contributed by atoms with Gasteiger partial charge in [-0.3, -0.25) is 0 Å². The molecule has 0 aliphatic carbocycles. The van der Waals surface area contributed by atoms with E-state index in [1.54, 1.807) is 0 Å². The van der Waals surface area contributed by atoms with E-state index in [0.717, 1.165) is 13.1 Å². The third-order valence-corrected chi connectivity index (χ3v) is 2.40. The van der Waals surface area contributed by atoms with Crippen LogP contribution in [0.15, 0.2) is 30.5 Å². The summed E-state index contributed by atoms with van der Waals surface area (Å²) in [5.74, 6) is 0. The van der Waals surface area contributed by atoms with Gasteiger partial charge in [0.15, 0.2) is 0 Å². The SMILES string of the molecule is Br.CCCN1C=Cc2ccccc2C1. The van der Waals surface area contributed by atoms with Gasteiger partial charge in [-0.1, -0.05) is 31.2 Å². The minimum absolute atomic E-state index is 0. The van der Waals surface area contributed by atoms with Gasteiger partial charge in [-0.15, -0.1) is 17.0 Å². The van der Waals surface area contributed by atoms with Crippen LogP contribution >= 0.6 is 17.0 Å². The van der Waals surface area contributed by atoms with Crippen LogP contribution in [-0.2, 0) is 6.54 Å². The van der Waals surface area contributed by atoms with Gasteiger partial charge < -0.3 is 4.90 Å².